The summed E-state index contributed by atoms with van der Waals surface area (Å²) in [4.78, 5) is 26.7. The molecule has 0 unspecified atom stereocenters. The van der Waals surface area contributed by atoms with Crippen LogP contribution in [0.3, 0.4) is 0 Å². The zero-order valence-electron chi connectivity index (χ0n) is 14.7. The van der Waals surface area contributed by atoms with E-state index >= 15 is 0 Å². The van der Waals surface area contributed by atoms with Gasteiger partial charge in [0.2, 0.25) is 0 Å². The number of aromatic hydroxyl groups is 1. The Morgan fingerprint density at radius 3 is 2.50 bits per heavy atom. The second-order valence-electron chi connectivity index (χ2n) is 6.06. The molecule has 0 bridgehead atoms. The Morgan fingerprint density at radius 1 is 1.25 bits per heavy atom. The number of Topliss-reactive ketones (excluding diaryl/α,β-unsaturated/α-hetero) is 1. The summed E-state index contributed by atoms with van der Waals surface area (Å²) in [6.45, 7) is 1.50. The fraction of sp³-hybridized carbons (Fsp3) is 0.263. The SMILES string of the molecule is Cc1cccc(C(F)(F)F)c1Cc1cc(C#N)c(O)c(C(=O)CCC(=O)O)n1. The molecule has 0 radical (unpaired) electrons. The summed E-state index contributed by atoms with van der Waals surface area (Å²) in [6.07, 6.45) is -5.91. The second kappa shape index (κ2) is 8.08. The fourth-order valence-electron chi connectivity index (χ4n) is 2.68. The van der Waals surface area contributed by atoms with Gasteiger partial charge in [-0.15, -0.1) is 0 Å². The van der Waals surface area contributed by atoms with Crippen molar-refractivity contribution < 1.29 is 33.0 Å². The molecule has 0 atom stereocenters. The first-order chi connectivity index (χ1) is 13.0. The molecule has 1 aromatic carbocycles. The highest BCUT2D eigenvalue weighted by atomic mass is 19.4. The molecular weight excluding hydrogens is 377 g/mol. The van der Waals surface area contributed by atoms with Gasteiger partial charge in [0.1, 0.15) is 11.8 Å². The molecule has 2 rings (SSSR count). The number of nitriles is 1. The first kappa shape index (κ1) is 20.9. The fourth-order valence-corrected chi connectivity index (χ4v) is 2.68. The van der Waals surface area contributed by atoms with E-state index in [0.29, 0.717) is 5.56 Å². The summed E-state index contributed by atoms with van der Waals surface area (Å²) < 4.78 is 39.9. The molecule has 146 valence electrons. The van der Waals surface area contributed by atoms with Gasteiger partial charge in [0.05, 0.1) is 17.5 Å². The van der Waals surface area contributed by atoms with Gasteiger partial charge in [-0.2, -0.15) is 18.4 Å². The van der Waals surface area contributed by atoms with Crippen LogP contribution in [-0.2, 0) is 17.4 Å². The Balaban J connectivity index is 2.51. The number of carbonyl (C=O) groups excluding carboxylic acids is 1. The molecule has 0 aliphatic heterocycles. The van der Waals surface area contributed by atoms with E-state index < -0.39 is 47.8 Å². The Labute approximate surface area is 157 Å². The third-order valence-electron chi connectivity index (χ3n) is 4.07. The number of aromatic nitrogens is 1. The minimum atomic E-state index is -4.60. The van der Waals surface area contributed by atoms with Crippen LogP contribution in [0.4, 0.5) is 13.2 Å². The molecule has 1 aromatic heterocycles. The number of halogens is 3. The topological polar surface area (TPSA) is 111 Å². The van der Waals surface area contributed by atoms with Crippen molar-refractivity contribution >= 4 is 11.8 Å². The number of carboxylic acids is 1. The molecule has 9 heteroatoms. The van der Waals surface area contributed by atoms with E-state index in [0.717, 1.165) is 12.1 Å². The van der Waals surface area contributed by atoms with Crippen molar-refractivity contribution in [1.29, 1.82) is 5.26 Å². The van der Waals surface area contributed by atoms with Gasteiger partial charge in [-0.3, -0.25) is 9.59 Å². The molecule has 0 amide bonds. The lowest BCUT2D eigenvalue weighted by Gasteiger charge is -2.16. The van der Waals surface area contributed by atoms with Gasteiger partial charge in [-0.05, 0) is 30.2 Å². The average Bonchev–Trinajstić information content (AvgIpc) is 2.61. The number of alkyl halides is 3. The molecule has 0 spiro atoms. The van der Waals surface area contributed by atoms with Crippen LogP contribution in [0.25, 0.3) is 0 Å². The number of carbonyl (C=O) groups is 2. The summed E-state index contributed by atoms with van der Waals surface area (Å²) in [6, 6.07) is 6.46. The van der Waals surface area contributed by atoms with Gasteiger partial charge in [0, 0.05) is 18.5 Å². The molecule has 0 aliphatic carbocycles. The lowest BCUT2D eigenvalue weighted by atomic mass is 9.96. The van der Waals surface area contributed by atoms with E-state index in [1.807, 2.05) is 0 Å². The minimum absolute atomic E-state index is 0.0205. The standard InChI is InChI=1S/C19H15F3N2O4/c1-10-3-2-4-14(19(20,21)22)13(10)8-12-7-11(9-23)18(28)17(24-12)15(25)5-6-16(26)27/h2-4,7,28H,5-6,8H2,1H3,(H,26,27). The number of aryl methyl sites for hydroxylation is 1. The van der Waals surface area contributed by atoms with Crippen molar-refractivity contribution in [2.24, 2.45) is 0 Å². The molecule has 6 nitrogen and oxygen atoms in total. The van der Waals surface area contributed by atoms with Gasteiger partial charge < -0.3 is 10.2 Å². The Morgan fingerprint density at radius 2 is 1.93 bits per heavy atom. The first-order valence-electron chi connectivity index (χ1n) is 8.08. The number of nitrogens with zero attached hydrogens (tertiary/aromatic N) is 2. The van der Waals surface area contributed by atoms with E-state index in [1.54, 1.807) is 6.07 Å². The maximum Gasteiger partial charge on any atom is 0.416 e. The number of pyridine rings is 1. The van der Waals surface area contributed by atoms with Crippen LogP contribution >= 0.6 is 0 Å². The van der Waals surface area contributed by atoms with Crippen LogP contribution in [0.15, 0.2) is 24.3 Å². The van der Waals surface area contributed by atoms with Gasteiger partial charge >= 0.3 is 12.1 Å². The van der Waals surface area contributed by atoms with Crippen LogP contribution in [0.1, 0.15) is 51.3 Å². The summed E-state index contributed by atoms with van der Waals surface area (Å²) in [5.41, 5.74) is -1.46. The Bertz CT molecular complexity index is 978. The van der Waals surface area contributed by atoms with E-state index in [4.69, 9.17) is 10.4 Å². The molecule has 1 heterocycles. The third-order valence-corrected chi connectivity index (χ3v) is 4.07. The summed E-state index contributed by atoms with van der Waals surface area (Å²) >= 11 is 0. The van der Waals surface area contributed by atoms with Crippen LogP contribution in [0.2, 0.25) is 0 Å². The summed E-state index contributed by atoms with van der Waals surface area (Å²) in [5, 5.41) is 27.8. The van der Waals surface area contributed by atoms with E-state index in [2.05, 4.69) is 4.98 Å². The zero-order valence-corrected chi connectivity index (χ0v) is 14.7. The van der Waals surface area contributed by atoms with E-state index in [1.165, 1.54) is 19.1 Å². The van der Waals surface area contributed by atoms with Crippen molar-refractivity contribution in [3.8, 4) is 11.8 Å². The predicted octanol–water partition coefficient (Wildman–Crippen LogP) is 3.62. The number of ketones is 1. The maximum atomic E-state index is 13.3. The van der Waals surface area contributed by atoms with Gasteiger partial charge in [-0.25, -0.2) is 4.98 Å². The molecule has 0 aliphatic rings. The van der Waals surface area contributed by atoms with Crippen LogP contribution in [-0.4, -0.2) is 26.9 Å². The van der Waals surface area contributed by atoms with Crippen LogP contribution in [0, 0.1) is 18.3 Å². The highest BCUT2D eigenvalue weighted by Gasteiger charge is 2.34. The van der Waals surface area contributed by atoms with Crippen molar-refractivity contribution in [3.63, 3.8) is 0 Å². The monoisotopic (exact) mass is 392 g/mol. The predicted molar refractivity (Wildman–Crippen MR) is 90.8 cm³/mol. The molecule has 28 heavy (non-hydrogen) atoms. The number of benzene rings is 1. The van der Waals surface area contributed by atoms with Crippen LogP contribution < -0.4 is 0 Å². The molecular formula is C19H15F3N2O4. The second-order valence-corrected chi connectivity index (χ2v) is 6.06. The largest absolute Gasteiger partial charge is 0.504 e. The van der Waals surface area contributed by atoms with Crippen molar-refractivity contribution in [2.75, 3.05) is 0 Å². The number of hydrogen-bond donors (Lipinski definition) is 2. The molecule has 0 saturated heterocycles. The van der Waals surface area contributed by atoms with Crippen molar-refractivity contribution in [3.05, 3.63) is 57.9 Å². The highest BCUT2D eigenvalue weighted by Crippen LogP contribution is 2.34. The number of carboxylic acid groups (broad SMARTS) is 1. The quantitative estimate of drug-likeness (QED) is 0.727. The average molecular weight is 392 g/mol. The van der Waals surface area contributed by atoms with Crippen molar-refractivity contribution in [1.82, 2.24) is 4.98 Å². The lowest BCUT2D eigenvalue weighted by molar-refractivity contribution is -0.138. The molecule has 0 fully saturated rings. The smallest absolute Gasteiger partial charge is 0.416 e. The van der Waals surface area contributed by atoms with Crippen LogP contribution in [0.5, 0.6) is 5.75 Å². The minimum Gasteiger partial charge on any atom is -0.504 e. The number of aliphatic carboxylic acids is 1. The Kier molecular flexibility index (Phi) is 6.03. The lowest BCUT2D eigenvalue weighted by Crippen LogP contribution is -2.13. The van der Waals surface area contributed by atoms with Gasteiger partial charge in [0.25, 0.3) is 0 Å². The molecule has 2 aromatic rings. The van der Waals surface area contributed by atoms with E-state index in [-0.39, 0.29) is 23.2 Å². The van der Waals surface area contributed by atoms with E-state index in [9.17, 15) is 27.9 Å². The van der Waals surface area contributed by atoms with Gasteiger partial charge in [-0.1, -0.05) is 12.1 Å². The Hall–Kier alpha value is -3.41. The highest BCUT2D eigenvalue weighted by molar-refractivity contribution is 5.98. The molecule has 2 N–H and O–H groups in total. The molecule has 0 saturated carbocycles. The summed E-state index contributed by atoms with van der Waals surface area (Å²) in [7, 11) is 0. The first-order valence-corrected chi connectivity index (χ1v) is 8.08. The number of hydrogen-bond acceptors (Lipinski definition) is 5. The zero-order chi connectivity index (χ0) is 21.1. The normalized spacial score (nSPS) is 11.1. The summed E-state index contributed by atoms with van der Waals surface area (Å²) in [5.74, 6) is -2.78. The maximum absolute atomic E-state index is 13.3. The van der Waals surface area contributed by atoms with Gasteiger partial charge in [0.15, 0.2) is 11.5 Å². The third kappa shape index (κ3) is 4.65. The van der Waals surface area contributed by atoms with Crippen molar-refractivity contribution in [2.45, 2.75) is 32.4 Å². The number of rotatable bonds is 6.